The molecule has 1 aromatic rings. The third kappa shape index (κ3) is 1.96. The fourth-order valence-corrected chi connectivity index (χ4v) is 1.76. The molecule has 1 rings (SSSR count). The zero-order chi connectivity index (χ0) is 10.2. The van der Waals surface area contributed by atoms with E-state index in [9.17, 15) is 4.79 Å². The van der Waals surface area contributed by atoms with Gasteiger partial charge in [-0.3, -0.25) is 4.79 Å². The molecular weight excluding hydrogens is 300 g/mol. The highest BCUT2D eigenvalue weighted by Crippen LogP contribution is 2.26. The zero-order valence-corrected chi connectivity index (χ0v) is 10.8. The molecule has 0 N–H and O–H groups in total. The molecule has 0 spiro atoms. The van der Waals surface area contributed by atoms with Crippen molar-refractivity contribution in [2.75, 3.05) is 14.1 Å². The number of halogens is 2. The first kappa shape index (κ1) is 10.8. The number of nitrogens with zero attached hydrogens (tertiary/aromatic N) is 2. The van der Waals surface area contributed by atoms with Crippen LogP contribution in [0.5, 0.6) is 0 Å². The summed E-state index contributed by atoms with van der Waals surface area (Å²) in [4.78, 5) is 13.1. The van der Waals surface area contributed by atoms with Gasteiger partial charge in [-0.15, -0.1) is 0 Å². The minimum absolute atomic E-state index is 0.00565. The molecule has 0 aliphatic heterocycles. The van der Waals surface area contributed by atoms with Gasteiger partial charge in [-0.1, -0.05) is 0 Å². The van der Waals surface area contributed by atoms with Gasteiger partial charge in [-0.25, -0.2) is 0 Å². The zero-order valence-electron chi connectivity index (χ0n) is 7.64. The fourth-order valence-electron chi connectivity index (χ4n) is 0.977. The average molecular weight is 310 g/mol. The number of hydrogen-bond acceptors (Lipinski definition) is 1. The van der Waals surface area contributed by atoms with Crippen molar-refractivity contribution >= 4 is 37.8 Å². The first-order valence-electron chi connectivity index (χ1n) is 3.67. The molecule has 0 aromatic carbocycles. The highest BCUT2D eigenvalue weighted by Gasteiger charge is 2.16. The third-order valence-corrected chi connectivity index (χ3v) is 3.84. The maximum atomic E-state index is 11.6. The van der Waals surface area contributed by atoms with Crippen LogP contribution >= 0.6 is 31.9 Å². The summed E-state index contributed by atoms with van der Waals surface area (Å²) in [5.74, 6) is -0.00565. The molecule has 13 heavy (non-hydrogen) atoms. The Balaban J connectivity index is 3.16. The van der Waals surface area contributed by atoms with E-state index in [1.807, 2.05) is 7.05 Å². The molecule has 0 saturated carbocycles. The number of carbonyl (C=O) groups excluding carboxylic acids is 1. The van der Waals surface area contributed by atoms with Crippen LogP contribution in [0.1, 0.15) is 10.5 Å². The predicted octanol–water partition coefficient (Wildman–Crippen LogP) is 2.25. The van der Waals surface area contributed by atoms with E-state index in [4.69, 9.17) is 0 Å². The summed E-state index contributed by atoms with van der Waals surface area (Å²) >= 11 is 6.71. The summed E-state index contributed by atoms with van der Waals surface area (Å²) in [5, 5.41) is 0. The Hall–Kier alpha value is -0.290. The van der Waals surface area contributed by atoms with Crippen LogP contribution in [-0.2, 0) is 7.05 Å². The minimum Gasteiger partial charge on any atom is -0.343 e. The Morgan fingerprint density at radius 1 is 1.46 bits per heavy atom. The van der Waals surface area contributed by atoms with Crippen LogP contribution in [0.25, 0.3) is 0 Å². The minimum atomic E-state index is -0.00565. The van der Waals surface area contributed by atoms with Gasteiger partial charge in [-0.05, 0) is 37.9 Å². The van der Waals surface area contributed by atoms with Crippen molar-refractivity contribution in [3.63, 3.8) is 0 Å². The summed E-state index contributed by atoms with van der Waals surface area (Å²) in [5.41, 5.74) is 0.656. The summed E-state index contributed by atoms with van der Waals surface area (Å²) in [7, 11) is 5.31. The van der Waals surface area contributed by atoms with E-state index < -0.39 is 0 Å². The maximum absolute atomic E-state index is 11.6. The number of hydrogen-bond donors (Lipinski definition) is 0. The van der Waals surface area contributed by atoms with Gasteiger partial charge in [0.1, 0.15) is 5.69 Å². The molecule has 0 atom stereocenters. The lowest BCUT2D eigenvalue weighted by atomic mass is 10.4. The first-order chi connectivity index (χ1) is 5.95. The van der Waals surface area contributed by atoms with E-state index in [2.05, 4.69) is 31.9 Å². The van der Waals surface area contributed by atoms with E-state index in [0.717, 1.165) is 9.08 Å². The van der Waals surface area contributed by atoms with Crippen LogP contribution < -0.4 is 0 Å². The van der Waals surface area contributed by atoms with Crippen LogP contribution in [0.2, 0.25) is 0 Å². The molecule has 1 amide bonds. The first-order valence-corrected chi connectivity index (χ1v) is 5.26. The Morgan fingerprint density at radius 3 is 2.31 bits per heavy atom. The van der Waals surface area contributed by atoms with Gasteiger partial charge < -0.3 is 9.47 Å². The Kier molecular flexibility index (Phi) is 3.18. The second kappa shape index (κ2) is 3.84. The molecule has 1 heterocycles. The lowest BCUT2D eigenvalue weighted by molar-refractivity contribution is 0.0818. The van der Waals surface area contributed by atoms with Crippen LogP contribution in [-0.4, -0.2) is 29.5 Å². The van der Waals surface area contributed by atoms with Gasteiger partial charge in [0.15, 0.2) is 0 Å². The molecule has 0 radical (unpaired) electrons. The van der Waals surface area contributed by atoms with Crippen molar-refractivity contribution in [2.24, 2.45) is 7.05 Å². The van der Waals surface area contributed by atoms with Crippen LogP contribution in [0, 0.1) is 0 Å². The van der Waals surface area contributed by atoms with Crippen molar-refractivity contribution in [2.45, 2.75) is 0 Å². The van der Waals surface area contributed by atoms with Gasteiger partial charge in [0.2, 0.25) is 0 Å². The molecule has 0 saturated heterocycles. The maximum Gasteiger partial charge on any atom is 0.270 e. The van der Waals surface area contributed by atoms with E-state index in [1.165, 1.54) is 0 Å². The Bertz CT molecular complexity index is 344. The number of rotatable bonds is 1. The van der Waals surface area contributed by atoms with Crippen molar-refractivity contribution in [1.29, 1.82) is 0 Å². The van der Waals surface area contributed by atoms with Gasteiger partial charge in [0, 0.05) is 21.1 Å². The van der Waals surface area contributed by atoms with Crippen molar-refractivity contribution in [3.8, 4) is 0 Å². The van der Waals surface area contributed by atoms with Crippen LogP contribution in [0.3, 0.4) is 0 Å². The summed E-state index contributed by atoms with van der Waals surface area (Å²) in [6.07, 6.45) is 0. The molecule has 5 heteroatoms. The fraction of sp³-hybridized carbons (Fsp3) is 0.375. The molecule has 0 aliphatic rings. The molecule has 0 fully saturated rings. The van der Waals surface area contributed by atoms with Crippen molar-refractivity contribution in [1.82, 2.24) is 9.47 Å². The quantitative estimate of drug-likeness (QED) is 0.781. The van der Waals surface area contributed by atoms with E-state index in [-0.39, 0.29) is 5.91 Å². The highest BCUT2D eigenvalue weighted by molar-refractivity contribution is 9.13. The van der Waals surface area contributed by atoms with Gasteiger partial charge >= 0.3 is 0 Å². The molecule has 0 aliphatic carbocycles. The van der Waals surface area contributed by atoms with Crippen LogP contribution in [0.15, 0.2) is 15.1 Å². The number of amides is 1. The van der Waals surface area contributed by atoms with E-state index in [0.29, 0.717) is 5.69 Å². The number of aromatic nitrogens is 1. The van der Waals surface area contributed by atoms with E-state index in [1.54, 1.807) is 29.6 Å². The molecular formula is C8H10Br2N2O. The standard InChI is InChI=1S/C8H10Br2N2O/c1-11(2)8(13)6-4-5(9)7(10)12(6)3/h4H,1-3H3. The highest BCUT2D eigenvalue weighted by atomic mass is 79.9. The van der Waals surface area contributed by atoms with E-state index >= 15 is 0 Å². The second-order valence-electron chi connectivity index (χ2n) is 2.93. The normalized spacial score (nSPS) is 10.2. The molecule has 1 aromatic heterocycles. The summed E-state index contributed by atoms with van der Waals surface area (Å²) < 4.78 is 3.56. The Labute approximate surface area is 94.0 Å². The average Bonchev–Trinajstić information content (AvgIpc) is 2.31. The lowest BCUT2D eigenvalue weighted by Crippen LogP contribution is -2.23. The summed E-state index contributed by atoms with van der Waals surface area (Å²) in [6.45, 7) is 0. The molecule has 0 bridgehead atoms. The molecule has 0 unspecified atom stereocenters. The van der Waals surface area contributed by atoms with Crippen LogP contribution in [0.4, 0.5) is 0 Å². The van der Waals surface area contributed by atoms with Gasteiger partial charge in [-0.2, -0.15) is 0 Å². The van der Waals surface area contributed by atoms with Crippen molar-refractivity contribution in [3.05, 3.63) is 20.8 Å². The smallest absolute Gasteiger partial charge is 0.270 e. The van der Waals surface area contributed by atoms with Gasteiger partial charge in [0.05, 0.1) is 9.08 Å². The Morgan fingerprint density at radius 2 is 2.00 bits per heavy atom. The summed E-state index contributed by atoms with van der Waals surface area (Å²) in [6, 6.07) is 1.80. The monoisotopic (exact) mass is 308 g/mol. The van der Waals surface area contributed by atoms with Crippen molar-refractivity contribution < 1.29 is 4.79 Å². The second-order valence-corrected chi connectivity index (χ2v) is 4.53. The molecule has 3 nitrogen and oxygen atoms in total. The third-order valence-electron chi connectivity index (χ3n) is 1.74. The topological polar surface area (TPSA) is 25.2 Å². The number of carbonyl (C=O) groups is 1. The predicted molar refractivity (Wildman–Crippen MR) is 58.8 cm³/mol. The molecule has 72 valence electrons. The SMILES string of the molecule is CN(C)C(=O)c1cc(Br)c(Br)n1C. The van der Waals surface area contributed by atoms with Gasteiger partial charge in [0.25, 0.3) is 5.91 Å². The largest absolute Gasteiger partial charge is 0.343 e. The lowest BCUT2D eigenvalue weighted by Gasteiger charge is -2.10.